The van der Waals surface area contributed by atoms with Crippen molar-refractivity contribution in [2.24, 2.45) is 5.84 Å². The third-order valence-electron chi connectivity index (χ3n) is 2.51. The van der Waals surface area contributed by atoms with Gasteiger partial charge in [0.2, 0.25) is 0 Å². The van der Waals surface area contributed by atoms with Crippen LogP contribution in [0.5, 0.6) is 0 Å². The van der Waals surface area contributed by atoms with Gasteiger partial charge in [-0.05, 0) is 36.6 Å². The number of rotatable bonds is 3. The molecular formula is C11H15ClFN3O. The van der Waals surface area contributed by atoms with Crippen molar-refractivity contribution in [1.29, 1.82) is 0 Å². The predicted molar refractivity (Wildman–Crippen MR) is 65.2 cm³/mol. The molecule has 0 aliphatic carbocycles. The first-order valence-corrected chi connectivity index (χ1v) is 5.49. The number of urea groups is 1. The highest BCUT2D eigenvalue weighted by atomic mass is 35.5. The lowest BCUT2D eigenvalue weighted by Gasteiger charge is -2.16. The minimum Gasteiger partial charge on any atom is -0.326 e. The molecule has 0 unspecified atom stereocenters. The Labute approximate surface area is 105 Å². The van der Waals surface area contributed by atoms with Gasteiger partial charge in [-0.2, -0.15) is 0 Å². The number of carbonyl (C=O) groups excluding carboxylic acids is 1. The summed E-state index contributed by atoms with van der Waals surface area (Å²) in [5.74, 6) is 4.69. The fraction of sp³-hybridized carbons (Fsp3) is 0.364. The van der Waals surface area contributed by atoms with E-state index in [2.05, 4.69) is 0 Å². The van der Waals surface area contributed by atoms with Crippen LogP contribution in [0.25, 0.3) is 0 Å². The molecule has 1 aromatic carbocycles. The Morgan fingerprint density at radius 1 is 1.59 bits per heavy atom. The van der Waals surface area contributed by atoms with Crippen LogP contribution in [0.3, 0.4) is 0 Å². The molecular weight excluding hydrogens is 245 g/mol. The zero-order valence-corrected chi connectivity index (χ0v) is 10.5. The van der Waals surface area contributed by atoms with Gasteiger partial charge in [-0.25, -0.2) is 15.0 Å². The number of benzene rings is 1. The molecule has 0 saturated heterocycles. The van der Waals surface area contributed by atoms with E-state index in [4.69, 9.17) is 17.4 Å². The van der Waals surface area contributed by atoms with Crippen LogP contribution < -0.4 is 11.3 Å². The van der Waals surface area contributed by atoms with E-state index in [0.717, 1.165) is 0 Å². The van der Waals surface area contributed by atoms with E-state index in [1.165, 1.54) is 11.0 Å². The highest BCUT2D eigenvalue weighted by Gasteiger charge is 2.09. The van der Waals surface area contributed by atoms with Crippen LogP contribution in [0.1, 0.15) is 11.1 Å². The van der Waals surface area contributed by atoms with Crippen molar-refractivity contribution in [2.75, 3.05) is 13.6 Å². The molecule has 0 aliphatic heterocycles. The van der Waals surface area contributed by atoms with Crippen molar-refractivity contribution < 1.29 is 9.18 Å². The molecule has 1 aromatic rings. The summed E-state index contributed by atoms with van der Waals surface area (Å²) in [5.41, 5.74) is 3.19. The van der Waals surface area contributed by atoms with Crippen LogP contribution >= 0.6 is 11.6 Å². The molecule has 0 atom stereocenters. The minimum absolute atomic E-state index is 0.296. The Morgan fingerprint density at radius 3 is 2.82 bits per heavy atom. The molecule has 94 valence electrons. The second kappa shape index (κ2) is 5.84. The molecule has 2 amide bonds. The zero-order valence-electron chi connectivity index (χ0n) is 9.76. The van der Waals surface area contributed by atoms with Crippen molar-refractivity contribution >= 4 is 17.6 Å². The molecule has 0 spiro atoms. The van der Waals surface area contributed by atoms with Gasteiger partial charge in [-0.15, -0.1) is 0 Å². The van der Waals surface area contributed by atoms with E-state index in [9.17, 15) is 9.18 Å². The smallest absolute Gasteiger partial charge is 0.326 e. The van der Waals surface area contributed by atoms with Crippen LogP contribution in [0.2, 0.25) is 5.02 Å². The number of hydrazine groups is 1. The Kier molecular flexibility index (Phi) is 4.72. The van der Waals surface area contributed by atoms with Gasteiger partial charge < -0.3 is 4.90 Å². The maximum Gasteiger partial charge on any atom is 0.331 e. The summed E-state index contributed by atoms with van der Waals surface area (Å²) < 4.78 is 13.3. The van der Waals surface area contributed by atoms with Crippen molar-refractivity contribution in [2.45, 2.75) is 13.3 Å². The SMILES string of the molecule is Cc1cc(Cl)c(CCN(C)C(=O)NN)cc1F. The first-order valence-electron chi connectivity index (χ1n) is 5.12. The van der Waals surface area contributed by atoms with Gasteiger partial charge in [0.1, 0.15) is 5.82 Å². The molecule has 3 N–H and O–H groups in total. The Hall–Kier alpha value is -1.33. The van der Waals surface area contributed by atoms with E-state index in [-0.39, 0.29) is 5.82 Å². The number of halogens is 2. The molecule has 0 aliphatic rings. The van der Waals surface area contributed by atoms with Gasteiger partial charge in [0.15, 0.2) is 0 Å². The van der Waals surface area contributed by atoms with Crippen molar-refractivity contribution in [1.82, 2.24) is 10.3 Å². The maximum absolute atomic E-state index is 13.3. The van der Waals surface area contributed by atoms with Gasteiger partial charge in [0, 0.05) is 18.6 Å². The Bertz CT molecular complexity index is 425. The molecule has 4 nitrogen and oxygen atoms in total. The normalized spacial score (nSPS) is 10.2. The summed E-state index contributed by atoms with van der Waals surface area (Å²) in [5, 5.41) is 0.505. The average Bonchev–Trinajstić information content (AvgIpc) is 2.30. The van der Waals surface area contributed by atoms with Crippen LogP contribution in [0.15, 0.2) is 12.1 Å². The first kappa shape index (κ1) is 13.7. The van der Waals surface area contributed by atoms with Crippen LogP contribution in [-0.4, -0.2) is 24.5 Å². The number of hydrogen-bond acceptors (Lipinski definition) is 2. The summed E-state index contributed by atoms with van der Waals surface area (Å²) >= 11 is 5.99. The number of aryl methyl sites for hydroxylation is 1. The van der Waals surface area contributed by atoms with Crippen LogP contribution in [0.4, 0.5) is 9.18 Å². The number of amides is 2. The minimum atomic E-state index is -0.395. The standard InChI is InChI=1S/C11H15ClFN3O/c1-7-5-9(12)8(6-10(7)13)3-4-16(2)11(17)15-14/h5-6H,3-4,14H2,1-2H3,(H,15,17). The lowest BCUT2D eigenvalue weighted by Crippen LogP contribution is -2.42. The lowest BCUT2D eigenvalue weighted by atomic mass is 10.1. The van der Waals surface area contributed by atoms with Gasteiger partial charge in [-0.1, -0.05) is 11.6 Å². The van der Waals surface area contributed by atoms with Crippen LogP contribution in [-0.2, 0) is 6.42 Å². The molecule has 0 heterocycles. The topological polar surface area (TPSA) is 58.4 Å². The number of hydrogen-bond donors (Lipinski definition) is 2. The summed E-state index contributed by atoms with van der Waals surface area (Å²) in [7, 11) is 1.60. The fourth-order valence-corrected chi connectivity index (χ4v) is 1.69. The quantitative estimate of drug-likeness (QED) is 0.494. The summed E-state index contributed by atoms with van der Waals surface area (Å²) in [6.45, 7) is 2.06. The second-order valence-electron chi connectivity index (χ2n) is 3.81. The monoisotopic (exact) mass is 259 g/mol. The number of nitrogens with two attached hydrogens (primary N) is 1. The van der Waals surface area contributed by atoms with E-state index in [0.29, 0.717) is 29.1 Å². The zero-order chi connectivity index (χ0) is 13.0. The molecule has 0 radical (unpaired) electrons. The molecule has 0 bridgehead atoms. The number of likely N-dealkylation sites (N-methyl/N-ethyl adjacent to an activating group) is 1. The Morgan fingerprint density at radius 2 is 2.24 bits per heavy atom. The van der Waals surface area contributed by atoms with E-state index < -0.39 is 6.03 Å². The maximum atomic E-state index is 13.3. The molecule has 0 saturated carbocycles. The van der Waals surface area contributed by atoms with Crippen LogP contribution in [0, 0.1) is 12.7 Å². The fourth-order valence-electron chi connectivity index (χ4n) is 1.38. The highest BCUT2D eigenvalue weighted by molar-refractivity contribution is 6.31. The third-order valence-corrected chi connectivity index (χ3v) is 2.87. The van der Waals surface area contributed by atoms with Gasteiger partial charge >= 0.3 is 6.03 Å². The van der Waals surface area contributed by atoms with Crippen molar-refractivity contribution in [3.8, 4) is 0 Å². The lowest BCUT2D eigenvalue weighted by molar-refractivity contribution is 0.209. The molecule has 17 heavy (non-hydrogen) atoms. The molecule has 1 rings (SSSR count). The number of nitrogens with one attached hydrogen (secondary N) is 1. The van der Waals surface area contributed by atoms with Gasteiger partial charge in [0.05, 0.1) is 0 Å². The van der Waals surface area contributed by atoms with Gasteiger partial charge in [0.25, 0.3) is 0 Å². The Balaban J connectivity index is 2.70. The summed E-state index contributed by atoms with van der Waals surface area (Å²) in [6, 6.07) is 2.58. The third kappa shape index (κ3) is 3.57. The number of nitrogens with zero attached hydrogens (tertiary/aromatic N) is 1. The highest BCUT2D eigenvalue weighted by Crippen LogP contribution is 2.20. The molecule has 6 heteroatoms. The first-order chi connectivity index (χ1) is 7.95. The van der Waals surface area contributed by atoms with E-state index >= 15 is 0 Å². The largest absolute Gasteiger partial charge is 0.331 e. The van der Waals surface area contributed by atoms with Crippen molar-refractivity contribution in [3.63, 3.8) is 0 Å². The summed E-state index contributed by atoms with van der Waals surface area (Å²) in [6.07, 6.45) is 0.472. The summed E-state index contributed by atoms with van der Waals surface area (Å²) in [4.78, 5) is 12.5. The van der Waals surface area contributed by atoms with Crippen molar-refractivity contribution in [3.05, 3.63) is 34.1 Å². The molecule has 0 aromatic heterocycles. The van der Waals surface area contributed by atoms with E-state index in [1.807, 2.05) is 5.43 Å². The van der Waals surface area contributed by atoms with E-state index in [1.54, 1.807) is 20.0 Å². The molecule has 0 fully saturated rings. The average molecular weight is 260 g/mol. The second-order valence-corrected chi connectivity index (χ2v) is 4.22. The number of carbonyl (C=O) groups is 1. The van der Waals surface area contributed by atoms with Gasteiger partial charge in [-0.3, -0.25) is 5.43 Å². The predicted octanol–water partition coefficient (Wildman–Crippen LogP) is 1.85.